The first-order valence-electron chi connectivity index (χ1n) is 8.97. The number of hydrogen-bond donors (Lipinski definition) is 2. The number of carbonyl (C=O) groups is 2. The average Bonchev–Trinajstić information content (AvgIpc) is 3.36. The van der Waals surface area contributed by atoms with Crippen LogP contribution in [-0.4, -0.2) is 18.9 Å². The number of nitrogens with two attached hydrogens (primary N) is 1. The van der Waals surface area contributed by atoms with E-state index in [4.69, 9.17) is 10.5 Å². The van der Waals surface area contributed by atoms with Crippen LogP contribution in [0, 0.1) is 5.92 Å². The van der Waals surface area contributed by atoms with Crippen molar-refractivity contribution < 1.29 is 14.3 Å². The lowest BCUT2D eigenvalue weighted by Gasteiger charge is -2.11. The van der Waals surface area contributed by atoms with E-state index in [0.717, 1.165) is 49.0 Å². The Morgan fingerprint density at radius 1 is 1.19 bits per heavy atom. The third-order valence-electron chi connectivity index (χ3n) is 5.33. The minimum atomic E-state index is -0.442. The first-order valence-corrected chi connectivity index (χ1v) is 9.79. The van der Waals surface area contributed by atoms with E-state index in [1.54, 1.807) is 7.11 Å². The van der Waals surface area contributed by atoms with Crippen LogP contribution in [0.15, 0.2) is 24.3 Å². The van der Waals surface area contributed by atoms with Crippen LogP contribution in [0.25, 0.3) is 0 Å². The number of benzene rings is 1. The molecule has 0 saturated heterocycles. The van der Waals surface area contributed by atoms with Crippen LogP contribution in [0.1, 0.15) is 51.5 Å². The number of nitrogens with one attached hydrogen (secondary N) is 1. The number of carbonyl (C=O) groups excluding carboxylic acids is 2. The van der Waals surface area contributed by atoms with Gasteiger partial charge in [-0.25, -0.2) is 0 Å². The molecule has 0 spiro atoms. The molecule has 1 aromatic carbocycles. The summed E-state index contributed by atoms with van der Waals surface area (Å²) in [5.41, 5.74) is 8.32. The Labute approximate surface area is 156 Å². The van der Waals surface area contributed by atoms with E-state index >= 15 is 0 Å². The molecule has 1 saturated carbocycles. The molecule has 5 nitrogen and oxygen atoms in total. The minimum absolute atomic E-state index is 0.0214. The molecule has 2 aromatic rings. The summed E-state index contributed by atoms with van der Waals surface area (Å²) < 4.78 is 5.18. The van der Waals surface area contributed by atoms with E-state index in [-0.39, 0.29) is 17.7 Å². The molecule has 2 atom stereocenters. The summed E-state index contributed by atoms with van der Waals surface area (Å²) in [6, 6.07) is 7.85. The summed E-state index contributed by atoms with van der Waals surface area (Å²) in [5, 5.41) is 3.62. The Bertz CT molecular complexity index is 857. The normalized spacial score (nSPS) is 21.0. The second-order valence-electron chi connectivity index (χ2n) is 6.99. The van der Waals surface area contributed by atoms with Crippen LogP contribution < -0.4 is 15.8 Å². The van der Waals surface area contributed by atoms with Gasteiger partial charge in [-0.3, -0.25) is 9.59 Å². The molecular formula is C20H22N2O3S. The summed E-state index contributed by atoms with van der Waals surface area (Å²) in [4.78, 5) is 25.8. The minimum Gasteiger partial charge on any atom is -0.497 e. The summed E-state index contributed by atoms with van der Waals surface area (Å²) >= 11 is 1.52. The number of ether oxygens (including phenoxy) is 1. The molecule has 0 radical (unpaired) electrons. The fourth-order valence-electron chi connectivity index (χ4n) is 3.82. The van der Waals surface area contributed by atoms with Gasteiger partial charge in [-0.05, 0) is 61.3 Å². The highest BCUT2D eigenvalue weighted by Gasteiger charge is 2.44. The third kappa shape index (κ3) is 3.09. The number of primary amides is 1. The molecule has 6 heteroatoms. The topological polar surface area (TPSA) is 81.4 Å². The molecule has 2 aliphatic carbocycles. The molecule has 1 aromatic heterocycles. The summed E-state index contributed by atoms with van der Waals surface area (Å²) in [7, 11) is 1.64. The lowest BCUT2D eigenvalue weighted by molar-refractivity contribution is -0.117. The first kappa shape index (κ1) is 17.1. The number of anilines is 1. The Morgan fingerprint density at radius 2 is 1.92 bits per heavy atom. The number of methoxy groups -OCH3 is 1. The zero-order valence-electron chi connectivity index (χ0n) is 14.7. The van der Waals surface area contributed by atoms with Gasteiger partial charge in [-0.1, -0.05) is 12.1 Å². The second kappa shape index (κ2) is 6.76. The van der Waals surface area contributed by atoms with Gasteiger partial charge < -0.3 is 15.8 Å². The number of aryl methyl sites for hydroxylation is 1. The number of rotatable bonds is 5. The summed E-state index contributed by atoms with van der Waals surface area (Å²) in [5.74, 6) is 0.524. The molecular weight excluding hydrogens is 348 g/mol. The lowest BCUT2D eigenvalue weighted by atomic mass is 9.95. The van der Waals surface area contributed by atoms with Gasteiger partial charge in [-0.15, -0.1) is 11.3 Å². The van der Waals surface area contributed by atoms with Crippen molar-refractivity contribution in [3.8, 4) is 5.75 Å². The molecule has 2 unspecified atom stereocenters. The molecule has 2 amide bonds. The first-order chi connectivity index (χ1) is 12.6. The van der Waals surface area contributed by atoms with Crippen molar-refractivity contribution in [1.82, 2.24) is 0 Å². The highest BCUT2D eigenvalue weighted by Crippen LogP contribution is 2.49. The summed E-state index contributed by atoms with van der Waals surface area (Å²) in [6.07, 6.45) is 4.86. The van der Waals surface area contributed by atoms with Gasteiger partial charge in [0.15, 0.2) is 0 Å². The fraction of sp³-hybridized carbons (Fsp3) is 0.400. The SMILES string of the molecule is COc1ccc(C2CC2C(=O)Nc2sc3c(c2C(N)=O)CCCC3)cc1. The van der Waals surface area contributed by atoms with Crippen LogP contribution in [0.3, 0.4) is 0 Å². The summed E-state index contributed by atoms with van der Waals surface area (Å²) in [6.45, 7) is 0. The van der Waals surface area contributed by atoms with Crippen LogP contribution in [0.5, 0.6) is 5.75 Å². The second-order valence-corrected chi connectivity index (χ2v) is 8.10. The van der Waals surface area contributed by atoms with E-state index in [1.807, 2.05) is 24.3 Å². The van der Waals surface area contributed by atoms with Gasteiger partial charge in [0.2, 0.25) is 5.91 Å². The Kier molecular flexibility index (Phi) is 4.44. The van der Waals surface area contributed by atoms with Gasteiger partial charge in [0.1, 0.15) is 10.8 Å². The maximum Gasteiger partial charge on any atom is 0.251 e. The van der Waals surface area contributed by atoms with Gasteiger partial charge in [0.25, 0.3) is 5.91 Å². The van der Waals surface area contributed by atoms with Crippen LogP contribution in [0.4, 0.5) is 5.00 Å². The van der Waals surface area contributed by atoms with E-state index in [9.17, 15) is 9.59 Å². The van der Waals surface area contributed by atoms with Crippen molar-refractivity contribution in [2.24, 2.45) is 11.7 Å². The zero-order chi connectivity index (χ0) is 18.3. The van der Waals surface area contributed by atoms with Crippen molar-refractivity contribution in [2.75, 3.05) is 12.4 Å². The molecule has 0 aliphatic heterocycles. The van der Waals surface area contributed by atoms with Crippen LogP contribution in [0.2, 0.25) is 0 Å². The van der Waals surface area contributed by atoms with Gasteiger partial charge in [0, 0.05) is 10.8 Å². The Morgan fingerprint density at radius 3 is 2.62 bits per heavy atom. The van der Waals surface area contributed by atoms with Gasteiger partial charge in [-0.2, -0.15) is 0 Å². The molecule has 26 heavy (non-hydrogen) atoms. The third-order valence-corrected chi connectivity index (χ3v) is 6.53. The van der Waals surface area contributed by atoms with E-state index in [1.165, 1.54) is 16.2 Å². The largest absolute Gasteiger partial charge is 0.497 e. The smallest absolute Gasteiger partial charge is 0.251 e. The maximum atomic E-state index is 12.7. The fourth-order valence-corrected chi connectivity index (χ4v) is 5.12. The van der Waals surface area contributed by atoms with Crippen molar-refractivity contribution in [3.63, 3.8) is 0 Å². The lowest BCUT2D eigenvalue weighted by Crippen LogP contribution is -2.19. The molecule has 0 bridgehead atoms. The van der Waals surface area contributed by atoms with E-state index in [0.29, 0.717) is 10.6 Å². The van der Waals surface area contributed by atoms with Crippen molar-refractivity contribution in [2.45, 2.75) is 38.0 Å². The number of amides is 2. The standard InChI is InChI=1S/C20H22N2O3S/c1-25-12-8-6-11(7-9-12)14-10-15(14)19(24)22-20-17(18(21)23)13-4-2-3-5-16(13)26-20/h6-9,14-15H,2-5,10H2,1H3,(H2,21,23)(H,22,24). The highest BCUT2D eigenvalue weighted by atomic mass is 32.1. The zero-order valence-corrected chi connectivity index (χ0v) is 15.5. The van der Waals surface area contributed by atoms with Gasteiger partial charge in [0.05, 0.1) is 12.7 Å². The van der Waals surface area contributed by atoms with Crippen molar-refractivity contribution in [3.05, 3.63) is 45.8 Å². The van der Waals surface area contributed by atoms with Crippen molar-refractivity contribution >= 4 is 28.2 Å². The van der Waals surface area contributed by atoms with Crippen molar-refractivity contribution in [1.29, 1.82) is 0 Å². The predicted octanol–water partition coefficient (Wildman–Crippen LogP) is 3.48. The average molecular weight is 370 g/mol. The molecule has 2 aliphatic rings. The molecule has 136 valence electrons. The quantitative estimate of drug-likeness (QED) is 0.845. The highest BCUT2D eigenvalue weighted by molar-refractivity contribution is 7.17. The van der Waals surface area contributed by atoms with Crippen LogP contribution in [-0.2, 0) is 17.6 Å². The maximum absolute atomic E-state index is 12.7. The van der Waals surface area contributed by atoms with Gasteiger partial charge >= 0.3 is 0 Å². The molecule has 4 rings (SSSR count). The Balaban J connectivity index is 1.49. The molecule has 1 fully saturated rings. The molecule has 3 N–H and O–H groups in total. The monoisotopic (exact) mass is 370 g/mol. The van der Waals surface area contributed by atoms with Crippen LogP contribution >= 0.6 is 11.3 Å². The number of thiophene rings is 1. The predicted molar refractivity (Wildman–Crippen MR) is 102 cm³/mol. The van der Waals surface area contributed by atoms with E-state index < -0.39 is 5.91 Å². The Hall–Kier alpha value is -2.34. The van der Waals surface area contributed by atoms with E-state index in [2.05, 4.69) is 5.32 Å². The number of hydrogen-bond acceptors (Lipinski definition) is 4. The number of fused-ring (bicyclic) bond motifs is 1. The molecule has 1 heterocycles.